The van der Waals surface area contributed by atoms with E-state index in [4.69, 9.17) is 9.16 Å². The van der Waals surface area contributed by atoms with Gasteiger partial charge in [0.1, 0.15) is 12.0 Å². The molecule has 3 rings (SSSR count). The number of hydrogen-bond acceptors (Lipinski definition) is 7. The molecule has 2 fully saturated rings. The van der Waals surface area contributed by atoms with Crippen LogP contribution < -0.4 is 0 Å². The Balaban J connectivity index is 1.78. The van der Waals surface area contributed by atoms with Crippen LogP contribution in [0.3, 0.4) is 0 Å². The first-order chi connectivity index (χ1) is 14.4. The lowest BCUT2D eigenvalue weighted by Gasteiger charge is -2.48. The third-order valence-electron chi connectivity index (χ3n) is 6.38. The molecule has 0 bridgehead atoms. The van der Waals surface area contributed by atoms with E-state index in [1.165, 1.54) is 6.08 Å². The molecule has 0 saturated carbocycles. The number of carbonyl (C=O) groups excluding carboxylic acids is 2. The average molecular weight is 504 g/mol. The summed E-state index contributed by atoms with van der Waals surface area (Å²) in [6, 6.07) is 0. The molecule has 6 nitrogen and oxygen atoms in total. The Morgan fingerprint density at radius 1 is 1.45 bits per heavy atom. The van der Waals surface area contributed by atoms with E-state index in [1.54, 1.807) is 28.4 Å². The molecule has 0 radical (unpaired) electrons. The first-order valence-electron chi connectivity index (χ1n) is 10.6. The number of β-lactam (4-membered cyclic amide) rings is 1. The third kappa shape index (κ3) is 5.02. The first kappa shape index (κ1) is 25.1. The van der Waals surface area contributed by atoms with Gasteiger partial charge in [-0.05, 0) is 31.5 Å². The minimum atomic E-state index is -2.03. The molecule has 0 aromatic heterocycles. The minimum absolute atomic E-state index is 0.0492. The smallest absolute Gasteiger partial charge is 0.357 e. The lowest BCUT2D eigenvalue weighted by molar-refractivity contribution is -0.157. The fourth-order valence-electron chi connectivity index (χ4n) is 3.61. The molecule has 0 aromatic carbocycles. The van der Waals surface area contributed by atoms with Crippen molar-refractivity contribution in [3.63, 3.8) is 0 Å². The summed E-state index contributed by atoms with van der Waals surface area (Å²) >= 11 is 3.12. The SMILES string of the molecule is C=CCOC(=O)C1=C(S[C@H]2CC[S@@](=O)C2)S[C@@H]2[C@H]([C@@H](C)O[Si](C)(C)C(C)(C)C)C(=O)N12. The van der Waals surface area contributed by atoms with Crippen molar-refractivity contribution in [1.29, 1.82) is 0 Å². The van der Waals surface area contributed by atoms with Crippen LogP contribution in [0.25, 0.3) is 0 Å². The van der Waals surface area contributed by atoms with Crippen molar-refractivity contribution in [2.75, 3.05) is 18.1 Å². The number of rotatable bonds is 8. The van der Waals surface area contributed by atoms with Crippen LogP contribution in [-0.2, 0) is 29.6 Å². The van der Waals surface area contributed by atoms with E-state index in [-0.39, 0.29) is 40.2 Å². The summed E-state index contributed by atoms with van der Waals surface area (Å²) in [5.41, 5.74) is 0.334. The molecule has 31 heavy (non-hydrogen) atoms. The van der Waals surface area contributed by atoms with Crippen LogP contribution in [0.4, 0.5) is 0 Å². The van der Waals surface area contributed by atoms with Gasteiger partial charge in [-0.1, -0.05) is 45.2 Å². The zero-order valence-electron chi connectivity index (χ0n) is 19.1. The largest absolute Gasteiger partial charge is 0.457 e. The highest BCUT2D eigenvalue weighted by Gasteiger charge is 2.59. The molecular formula is C21H33NO5S3Si. The Bertz CT molecular complexity index is 822. The van der Waals surface area contributed by atoms with E-state index in [9.17, 15) is 13.8 Å². The van der Waals surface area contributed by atoms with Gasteiger partial charge in [0.05, 0.1) is 16.3 Å². The van der Waals surface area contributed by atoms with Crippen LogP contribution in [0.5, 0.6) is 0 Å². The molecule has 3 aliphatic rings. The molecule has 174 valence electrons. The molecule has 0 unspecified atom stereocenters. The Labute approximate surface area is 197 Å². The van der Waals surface area contributed by atoms with Crippen LogP contribution >= 0.6 is 23.5 Å². The molecule has 10 heteroatoms. The standard InChI is InChI=1S/C21H33NO5S3Si/c1-8-10-26-19(24)16-20(28-14-9-11-30(25)12-14)29-18-15(17(23)22(16)18)13(2)27-31(6,7)21(3,4)5/h8,13-15,18H,1,9-12H2,2-7H3/t13-,14+,15-,18-,30-/m1/s1. The van der Waals surface area contributed by atoms with Crippen molar-refractivity contribution < 1.29 is 23.0 Å². The molecule has 0 spiro atoms. The van der Waals surface area contributed by atoms with Crippen LogP contribution in [0.1, 0.15) is 34.1 Å². The molecule has 0 aliphatic carbocycles. The van der Waals surface area contributed by atoms with Gasteiger partial charge in [0, 0.05) is 27.6 Å². The van der Waals surface area contributed by atoms with Gasteiger partial charge < -0.3 is 9.16 Å². The van der Waals surface area contributed by atoms with Crippen LogP contribution in [0.15, 0.2) is 22.6 Å². The highest BCUT2D eigenvalue weighted by Crippen LogP contribution is 2.56. The lowest BCUT2D eigenvalue weighted by atomic mass is 9.92. The van der Waals surface area contributed by atoms with E-state index >= 15 is 0 Å². The summed E-state index contributed by atoms with van der Waals surface area (Å²) in [6.45, 7) is 16.6. The number of carbonyl (C=O) groups is 2. The Hall–Kier alpha value is -0.553. The maximum atomic E-state index is 13.2. The number of hydrogen-bond donors (Lipinski definition) is 0. The van der Waals surface area contributed by atoms with Gasteiger partial charge in [-0.2, -0.15) is 0 Å². The van der Waals surface area contributed by atoms with Gasteiger partial charge in [0.15, 0.2) is 14.0 Å². The Morgan fingerprint density at radius 2 is 2.13 bits per heavy atom. The van der Waals surface area contributed by atoms with E-state index < -0.39 is 25.1 Å². The number of amides is 1. The maximum Gasteiger partial charge on any atom is 0.357 e. The molecule has 5 atom stereocenters. The number of ether oxygens (including phenoxy) is 1. The Morgan fingerprint density at radius 3 is 2.68 bits per heavy atom. The fourth-order valence-corrected chi connectivity index (χ4v) is 10.3. The molecule has 3 aliphatic heterocycles. The van der Waals surface area contributed by atoms with E-state index in [0.717, 1.165) is 10.7 Å². The summed E-state index contributed by atoms with van der Waals surface area (Å²) in [7, 11) is -2.83. The number of esters is 1. The normalized spacial score (nSPS) is 29.6. The van der Waals surface area contributed by atoms with Crippen LogP contribution in [0.2, 0.25) is 18.1 Å². The summed E-state index contributed by atoms with van der Waals surface area (Å²) in [6.07, 6.45) is 2.14. The second-order valence-corrected chi connectivity index (χ2v) is 18.8. The van der Waals surface area contributed by atoms with Crippen LogP contribution in [-0.4, -0.2) is 64.1 Å². The van der Waals surface area contributed by atoms with E-state index in [0.29, 0.717) is 17.2 Å². The molecule has 3 heterocycles. The predicted molar refractivity (Wildman–Crippen MR) is 132 cm³/mol. The number of fused-ring (bicyclic) bond motifs is 1. The summed E-state index contributed by atoms with van der Waals surface area (Å²) in [5, 5.41) is 0.0831. The van der Waals surface area contributed by atoms with Gasteiger partial charge in [0.25, 0.3) is 0 Å². The lowest BCUT2D eigenvalue weighted by Crippen LogP contribution is -2.62. The highest BCUT2D eigenvalue weighted by atomic mass is 32.2. The second-order valence-electron chi connectivity index (χ2n) is 9.69. The number of nitrogens with zero attached hydrogens (tertiary/aromatic N) is 1. The summed E-state index contributed by atoms with van der Waals surface area (Å²) < 4.78 is 24.4. The van der Waals surface area contributed by atoms with Gasteiger partial charge in [-0.15, -0.1) is 11.8 Å². The van der Waals surface area contributed by atoms with Crippen molar-refractivity contribution in [3.05, 3.63) is 22.6 Å². The van der Waals surface area contributed by atoms with Gasteiger partial charge >= 0.3 is 5.97 Å². The van der Waals surface area contributed by atoms with Gasteiger partial charge in [-0.25, -0.2) is 4.79 Å². The number of thioether (sulfide) groups is 2. The maximum absolute atomic E-state index is 13.2. The van der Waals surface area contributed by atoms with Crippen molar-refractivity contribution in [3.8, 4) is 0 Å². The summed E-state index contributed by atoms with van der Waals surface area (Å²) in [5.74, 6) is 0.437. The van der Waals surface area contributed by atoms with E-state index in [2.05, 4.69) is 40.4 Å². The highest BCUT2D eigenvalue weighted by molar-refractivity contribution is 8.23. The zero-order valence-corrected chi connectivity index (χ0v) is 22.6. The third-order valence-corrected chi connectivity index (χ3v) is 15.5. The van der Waals surface area contributed by atoms with Crippen LogP contribution in [0, 0.1) is 5.92 Å². The zero-order chi connectivity index (χ0) is 23.1. The monoisotopic (exact) mass is 503 g/mol. The quantitative estimate of drug-likeness (QED) is 0.214. The predicted octanol–water partition coefficient (Wildman–Crippen LogP) is 4.08. The molecule has 0 N–H and O–H groups in total. The van der Waals surface area contributed by atoms with E-state index in [1.807, 2.05) is 6.92 Å². The first-order valence-corrected chi connectivity index (χ1v) is 16.7. The average Bonchev–Trinajstić information content (AvgIpc) is 3.19. The van der Waals surface area contributed by atoms with Gasteiger partial charge in [-0.3, -0.25) is 13.9 Å². The fraction of sp³-hybridized carbons (Fsp3) is 0.714. The second kappa shape index (κ2) is 9.36. The van der Waals surface area contributed by atoms with Crippen molar-refractivity contribution in [1.82, 2.24) is 4.90 Å². The van der Waals surface area contributed by atoms with Crippen molar-refractivity contribution in [2.24, 2.45) is 5.92 Å². The Kier molecular flexibility index (Phi) is 7.57. The van der Waals surface area contributed by atoms with Crippen molar-refractivity contribution >= 4 is 54.5 Å². The molecule has 2 saturated heterocycles. The molecule has 0 aromatic rings. The minimum Gasteiger partial charge on any atom is -0.457 e. The topological polar surface area (TPSA) is 72.9 Å². The molecule has 1 amide bonds. The van der Waals surface area contributed by atoms with Gasteiger partial charge in [0.2, 0.25) is 5.91 Å². The summed E-state index contributed by atoms with van der Waals surface area (Å²) in [4.78, 5) is 27.5. The molecular weight excluding hydrogens is 471 g/mol. The van der Waals surface area contributed by atoms with Crippen molar-refractivity contribution in [2.45, 2.75) is 69.0 Å².